The lowest BCUT2D eigenvalue weighted by Gasteiger charge is -2.27. The molecule has 6 nitrogen and oxygen atoms in total. The molecule has 2 aromatic rings. The molecule has 2 N–H and O–H groups in total. The number of aryl methyl sites for hydroxylation is 1. The zero-order valence-corrected chi connectivity index (χ0v) is 17.8. The van der Waals surface area contributed by atoms with Crippen LogP contribution in [0.4, 0.5) is 10.5 Å². The SMILES string of the molecule is C=CC(=N/C(=C\N)c1cccc(C)n1)N(C(=O)OC(C)(C)C)c1ccc(Cl)cc1. The molecular weight excluding hydrogens is 388 g/mol. The summed E-state index contributed by atoms with van der Waals surface area (Å²) in [4.78, 5) is 23.3. The molecule has 1 amide bonds. The van der Waals surface area contributed by atoms with Gasteiger partial charge in [-0.25, -0.2) is 14.7 Å². The largest absolute Gasteiger partial charge is 0.443 e. The Morgan fingerprint density at radius 2 is 1.90 bits per heavy atom. The van der Waals surface area contributed by atoms with Gasteiger partial charge in [-0.15, -0.1) is 0 Å². The van der Waals surface area contributed by atoms with Crippen molar-refractivity contribution in [2.75, 3.05) is 4.90 Å². The quantitative estimate of drug-likeness (QED) is 0.543. The minimum absolute atomic E-state index is 0.238. The van der Waals surface area contributed by atoms with Crippen molar-refractivity contribution in [2.24, 2.45) is 10.7 Å². The molecule has 0 radical (unpaired) electrons. The smallest absolute Gasteiger partial charge is 0.420 e. The predicted molar refractivity (Wildman–Crippen MR) is 119 cm³/mol. The number of hydrogen-bond donors (Lipinski definition) is 1. The third kappa shape index (κ3) is 6.19. The molecule has 2 rings (SSSR count). The Balaban J connectivity index is 2.55. The van der Waals surface area contributed by atoms with Gasteiger partial charge in [0.25, 0.3) is 0 Å². The molecule has 0 bridgehead atoms. The third-order valence-corrected chi connectivity index (χ3v) is 3.87. The van der Waals surface area contributed by atoms with E-state index in [1.165, 1.54) is 17.2 Å². The average Bonchev–Trinajstić information content (AvgIpc) is 2.64. The maximum absolute atomic E-state index is 13.0. The predicted octanol–water partition coefficient (Wildman–Crippen LogP) is 5.33. The summed E-state index contributed by atoms with van der Waals surface area (Å²) in [5, 5.41) is 0.543. The van der Waals surface area contributed by atoms with Gasteiger partial charge in [-0.2, -0.15) is 0 Å². The molecule has 1 heterocycles. The van der Waals surface area contributed by atoms with Crippen LogP contribution in [0.1, 0.15) is 32.2 Å². The molecule has 0 saturated carbocycles. The van der Waals surface area contributed by atoms with Gasteiger partial charge < -0.3 is 10.5 Å². The van der Waals surface area contributed by atoms with Crippen molar-refractivity contribution in [3.05, 3.63) is 77.7 Å². The van der Waals surface area contributed by atoms with E-state index < -0.39 is 11.7 Å². The third-order valence-electron chi connectivity index (χ3n) is 3.62. The highest BCUT2D eigenvalue weighted by molar-refractivity contribution is 6.30. The van der Waals surface area contributed by atoms with Gasteiger partial charge in [-0.1, -0.05) is 24.2 Å². The zero-order chi connectivity index (χ0) is 21.6. The maximum Gasteiger partial charge on any atom is 0.420 e. The molecule has 0 atom stereocenters. The second-order valence-electron chi connectivity index (χ2n) is 7.18. The van der Waals surface area contributed by atoms with Gasteiger partial charge >= 0.3 is 6.09 Å². The van der Waals surface area contributed by atoms with Crippen LogP contribution in [0.2, 0.25) is 5.02 Å². The van der Waals surface area contributed by atoms with Gasteiger partial charge in [0.15, 0.2) is 0 Å². The molecule has 29 heavy (non-hydrogen) atoms. The van der Waals surface area contributed by atoms with E-state index in [0.717, 1.165) is 5.69 Å². The Hall–Kier alpha value is -3.12. The Bertz CT molecular complexity index is 944. The van der Waals surface area contributed by atoms with Crippen molar-refractivity contribution in [1.82, 2.24) is 4.98 Å². The van der Waals surface area contributed by atoms with E-state index in [1.807, 2.05) is 19.1 Å². The number of hydrogen-bond acceptors (Lipinski definition) is 5. The van der Waals surface area contributed by atoms with E-state index in [-0.39, 0.29) is 5.84 Å². The number of aromatic nitrogens is 1. The fourth-order valence-corrected chi connectivity index (χ4v) is 2.53. The van der Waals surface area contributed by atoms with E-state index in [0.29, 0.717) is 22.1 Å². The molecule has 152 valence electrons. The van der Waals surface area contributed by atoms with Crippen LogP contribution < -0.4 is 10.6 Å². The number of amides is 1. The van der Waals surface area contributed by atoms with E-state index >= 15 is 0 Å². The summed E-state index contributed by atoms with van der Waals surface area (Å²) < 4.78 is 5.57. The van der Waals surface area contributed by atoms with Crippen molar-refractivity contribution in [2.45, 2.75) is 33.3 Å². The normalized spacial score (nSPS) is 12.4. The minimum atomic E-state index is -0.696. The number of nitrogens with zero attached hydrogens (tertiary/aromatic N) is 3. The van der Waals surface area contributed by atoms with Gasteiger partial charge in [0, 0.05) is 16.9 Å². The summed E-state index contributed by atoms with van der Waals surface area (Å²) in [6, 6.07) is 12.3. The molecule has 0 unspecified atom stereocenters. The molecule has 0 fully saturated rings. The molecule has 0 aliphatic heterocycles. The number of benzene rings is 1. The van der Waals surface area contributed by atoms with Gasteiger partial charge in [-0.05, 0) is 70.2 Å². The average molecular weight is 413 g/mol. The molecule has 0 saturated heterocycles. The first-order valence-corrected chi connectivity index (χ1v) is 9.38. The summed E-state index contributed by atoms with van der Waals surface area (Å²) >= 11 is 6.00. The van der Waals surface area contributed by atoms with Gasteiger partial charge in [0.05, 0.1) is 11.4 Å². The number of amidine groups is 1. The van der Waals surface area contributed by atoms with Crippen molar-refractivity contribution in [3.63, 3.8) is 0 Å². The van der Waals surface area contributed by atoms with Crippen molar-refractivity contribution < 1.29 is 9.53 Å². The van der Waals surface area contributed by atoms with Crippen LogP contribution in [0.25, 0.3) is 5.70 Å². The zero-order valence-electron chi connectivity index (χ0n) is 17.0. The topological polar surface area (TPSA) is 80.8 Å². The summed E-state index contributed by atoms with van der Waals surface area (Å²) in [6.07, 6.45) is 2.19. The second kappa shape index (κ2) is 9.39. The first-order chi connectivity index (χ1) is 13.6. The molecule has 0 aliphatic carbocycles. The van der Waals surface area contributed by atoms with Crippen molar-refractivity contribution in [1.29, 1.82) is 0 Å². The fraction of sp³-hybridized carbons (Fsp3) is 0.227. The Morgan fingerprint density at radius 1 is 1.24 bits per heavy atom. The second-order valence-corrected chi connectivity index (χ2v) is 7.62. The van der Waals surface area contributed by atoms with Crippen LogP contribution in [0, 0.1) is 6.92 Å². The van der Waals surface area contributed by atoms with Gasteiger partial charge in [-0.3, -0.25) is 4.98 Å². The van der Waals surface area contributed by atoms with Crippen molar-refractivity contribution in [3.8, 4) is 0 Å². The lowest BCUT2D eigenvalue weighted by atomic mass is 10.2. The lowest BCUT2D eigenvalue weighted by molar-refractivity contribution is 0.0604. The number of halogens is 1. The summed E-state index contributed by atoms with van der Waals surface area (Å²) in [7, 11) is 0. The maximum atomic E-state index is 13.0. The number of nitrogens with two attached hydrogens (primary N) is 1. The van der Waals surface area contributed by atoms with E-state index in [4.69, 9.17) is 22.1 Å². The molecule has 1 aromatic heterocycles. The number of rotatable bonds is 4. The van der Waals surface area contributed by atoms with E-state index in [1.54, 1.807) is 51.1 Å². The van der Waals surface area contributed by atoms with Gasteiger partial charge in [0.2, 0.25) is 0 Å². The number of ether oxygens (including phenoxy) is 1. The molecular formula is C22H25ClN4O2. The lowest BCUT2D eigenvalue weighted by Crippen LogP contribution is -2.40. The molecule has 7 heteroatoms. The molecule has 0 spiro atoms. The van der Waals surface area contributed by atoms with Crippen LogP contribution >= 0.6 is 11.6 Å². The highest BCUT2D eigenvalue weighted by atomic mass is 35.5. The number of carbonyl (C=O) groups excluding carboxylic acids is 1. The van der Waals surface area contributed by atoms with E-state index in [2.05, 4.69) is 16.6 Å². The molecule has 1 aromatic carbocycles. The van der Waals surface area contributed by atoms with Crippen LogP contribution in [0.3, 0.4) is 0 Å². The minimum Gasteiger partial charge on any atom is -0.443 e. The highest BCUT2D eigenvalue weighted by Crippen LogP contribution is 2.23. The summed E-state index contributed by atoms with van der Waals surface area (Å²) in [6.45, 7) is 11.0. The number of carbonyl (C=O) groups is 1. The number of anilines is 1. The van der Waals surface area contributed by atoms with Crippen LogP contribution in [0.5, 0.6) is 0 Å². The Labute approximate surface area is 176 Å². The first kappa shape index (κ1) is 22.2. The van der Waals surface area contributed by atoms with Gasteiger partial charge in [0.1, 0.15) is 17.1 Å². The number of pyridine rings is 1. The summed E-state index contributed by atoms with van der Waals surface area (Å²) in [5.41, 5.74) is 7.42. The Morgan fingerprint density at radius 3 is 2.41 bits per heavy atom. The standard InChI is InChI=1S/C22H25ClN4O2/c1-6-20(26-19(14-24)18-9-7-8-15(2)25-18)27(21(28)29-22(3,4)5)17-12-10-16(23)11-13-17/h6-14H,1,24H2,2-5H3/b19-14-,26-20?. The van der Waals surface area contributed by atoms with Crippen LogP contribution in [-0.2, 0) is 4.74 Å². The van der Waals surface area contributed by atoms with Crippen LogP contribution in [-0.4, -0.2) is 22.5 Å². The Kier molecular flexibility index (Phi) is 7.18. The van der Waals surface area contributed by atoms with Crippen LogP contribution in [0.15, 0.2) is 66.3 Å². The monoisotopic (exact) mass is 412 g/mol. The number of aliphatic imine (C=N–C) groups is 1. The first-order valence-electron chi connectivity index (χ1n) is 9.00. The highest BCUT2D eigenvalue weighted by Gasteiger charge is 2.26. The van der Waals surface area contributed by atoms with Crippen molar-refractivity contribution >= 4 is 34.9 Å². The molecule has 0 aliphatic rings. The fourth-order valence-electron chi connectivity index (χ4n) is 2.40. The van der Waals surface area contributed by atoms with E-state index in [9.17, 15) is 4.79 Å². The summed E-state index contributed by atoms with van der Waals surface area (Å²) in [5.74, 6) is 0.238.